The van der Waals surface area contributed by atoms with Crippen LogP contribution in [0.5, 0.6) is 0 Å². The summed E-state index contributed by atoms with van der Waals surface area (Å²) in [4.78, 5) is 0. The lowest BCUT2D eigenvalue weighted by Gasteiger charge is -2.06. The maximum absolute atomic E-state index is 3.75. The number of aromatic nitrogens is 1. The largest absolute Gasteiger partial charge is 0.335 e. The molecule has 1 heterocycles. The van der Waals surface area contributed by atoms with Gasteiger partial charge < -0.3 is 4.57 Å². The van der Waals surface area contributed by atoms with E-state index in [1.807, 2.05) is 6.08 Å². The normalized spacial score (nSPS) is 10.8. The van der Waals surface area contributed by atoms with E-state index in [1.165, 1.54) is 28.3 Å². The number of rotatable bonds is 5. The molecule has 0 aliphatic rings. The molecule has 1 aromatic carbocycles. The molecule has 2 heteroatoms. The maximum atomic E-state index is 3.75. The highest BCUT2D eigenvalue weighted by Crippen LogP contribution is 2.24. The lowest BCUT2D eigenvalue weighted by atomic mass is 10.2. The zero-order chi connectivity index (χ0) is 11.4. The van der Waals surface area contributed by atoms with Crippen LogP contribution < -0.4 is 0 Å². The van der Waals surface area contributed by atoms with Gasteiger partial charge in [0.25, 0.3) is 0 Å². The standard InChI is InChI=1S/C14H16BrN/c1-2-3-4-7-10-16-13-9-6-5-8-12(13)11-14(16)15/h2,5-6,8-9,11H,1,3-4,7,10H2. The summed E-state index contributed by atoms with van der Waals surface area (Å²) in [7, 11) is 0. The van der Waals surface area contributed by atoms with Gasteiger partial charge in [0.15, 0.2) is 0 Å². The van der Waals surface area contributed by atoms with Crippen molar-refractivity contribution >= 4 is 26.8 Å². The van der Waals surface area contributed by atoms with Crippen molar-refractivity contribution in [2.75, 3.05) is 0 Å². The smallest absolute Gasteiger partial charge is 0.0857 e. The topological polar surface area (TPSA) is 4.93 Å². The lowest BCUT2D eigenvalue weighted by molar-refractivity contribution is 0.622. The Morgan fingerprint density at radius 2 is 2.06 bits per heavy atom. The molecule has 2 aromatic rings. The molecule has 0 aliphatic heterocycles. The Labute approximate surface area is 105 Å². The first-order valence-corrected chi connectivity index (χ1v) is 6.47. The second-order valence-electron chi connectivity index (χ2n) is 3.96. The van der Waals surface area contributed by atoms with Crippen LogP contribution in [-0.4, -0.2) is 4.57 Å². The van der Waals surface area contributed by atoms with Crippen LogP contribution in [-0.2, 0) is 6.54 Å². The summed E-state index contributed by atoms with van der Waals surface area (Å²) >= 11 is 3.62. The molecule has 16 heavy (non-hydrogen) atoms. The monoisotopic (exact) mass is 277 g/mol. The predicted molar refractivity (Wildman–Crippen MR) is 73.7 cm³/mol. The van der Waals surface area contributed by atoms with Gasteiger partial charge in [-0.3, -0.25) is 0 Å². The number of para-hydroxylation sites is 1. The number of nitrogens with zero attached hydrogens (tertiary/aromatic N) is 1. The second-order valence-corrected chi connectivity index (χ2v) is 4.77. The first-order valence-electron chi connectivity index (χ1n) is 5.67. The molecule has 0 atom stereocenters. The van der Waals surface area contributed by atoms with Gasteiger partial charge in [-0.05, 0) is 47.3 Å². The van der Waals surface area contributed by atoms with Crippen molar-refractivity contribution in [2.24, 2.45) is 0 Å². The summed E-state index contributed by atoms with van der Waals surface area (Å²) in [5.74, 6) is 0. The highest BCUT2D eigenvalue weighted by molar-refractivity contribution is 9.10. The quantitative estimate of drug-likeness (QED) is 0.549. The first-order chi connectivity index (χ1) is 7.83. The number of aryl methyl sites for hydroxylation is 1. The fourth-order valence-corrected chi connectivity index (χ4v) is 2.58. The SMILES string of the molecule is C=CCCCCn1c(Br)cc2ccccc21. The second kappa shape index (κ2) is 5.35. The Kier molecular flexibility index (Phi) is 3.83. The summed E-state index contributed by atoms with van der Waals surface area (Å²) in [6.45, 7) is 4.82. The number of allylic oxidation sites excluding steroid dienone is 1. The van der Waals surface area contributed by atoms with Crippen LogP contribution in [0.15, 0.2) is 47.6 Å². The molecule has 0 unspecified atom stereocenters. The molecular formula is C14H16BrN. The summed E-state index contributed by atoms with van der Waals surface area (Å²) < 4.78 is 3.51. The highest BCUT2D eigenvalue weighted by Gasteiger charge is 2.04. The van der Waals surface area contributed by atoms with E-state index >= 15 is 0 Å². The van der Waals surface area contributed by atoms with Gasteiger partial charge in [-0.25, -0.2) is 0 Å². The van der Waals surface area contributed by atoms with Crippen molar-refractivity contribution in [2.45, 2.75) is 25.8 Å². The Balaban J connectivity index is 2.16. The summed E-state index contributed by atoms with van der Waals surface area (Å²) in [5.41, 5.74) is 1.31. The van der Waals surface area contributed by atoms with Crippen molar-refractivity contribution in [3.63, 3.8) is 0 Å². The van der Waals surface area contributed by atoms with Crippen LogP contribution in [0.4, 0.5) is 0 Å². The van der Waals surface area contributed by atoms with Gasteiger partial charge in [-0.2, -0.15) is 0 Å². The van der Waals surface area contributed by atoms with E-state index < -0.39 is 0 Å². The highest BCUT2D eigenvalue weighted by atomic mass is 79.9. The van der Waals surface area contributed by atoms with E-state index in [2.05, 4.69) is 57.4 Å². The molecule has 0 bridgehead atoms. The molecule has 2 rings (SSSR count). The average Bonchev–Trinajstić information content (AvgIpc) is 2.61. The van der Waals surface area contributed by atoms with Gasteiger partial charge in [0.05, 0.1) is 4.60 Å². The van der Waals surface area contributed by atoms with Crippen molar-refractivity contribution < 1.29 is 0 Å². The first kappa shape index (κ1) is 11.5. The molecule has 0 aliphatic carbocycles. The molecule has 0 saturated heterocycles. The third-order valence-corrected chi connectivity index (χ3v) is 3.46. The maximum Gasteiger partial charge on any atom is 0.0857 e. The molecular weight excluding hydrogens is 262 g/mol. The van der Waals surface area contributed by atoms with Gasteiger partial charge in [0.2, 0.25) is 0 Å². The van der Waals surface area contributed by atoms with E-state index in [0.29, 0.717) is 0 Å². The van der Waals surface area contributed by atoms with Crippen molar-refractivity contribution in [3.05, 3.63) is 47.6 Å². The van der Waals surface area contributed by atoms with Gasteiger partial charge in [-0.1, -0.05) is 24.3 Å². The molecule has 0 fully saturated rings. The minimum atomic E-state index is 1.07. The van der Waals surface area contributed by atoms with Crippen molar-refractivity contribution in [1.29, 1.82) is 0 Å². The van der Waals surface area contributed by atoms with Crippen LogP contribution in [0.3, 0.4) is 0 Å². The van der Waals surface area contributed by atoms with E-state index in [1.54, 1.807) is 0 Å². The van der Waals surface area contributed by atoms with Crippen molar-refractivity contribution in [3.8, 4) is 0 Å². The van der Waals surface area contributed by atoms with E-state index in [4.69, 9.17) is 0 Å². The van der Waals surface area contributed by atoms with Gasteiger partial charge in [0, 0.05) is 17.4 Å². The molecule has 1 nitrogen and oxygen atoms in total. The number of hydrogen-bond acceptors (Lipinski definition) is 0. The van der Waals surface area contributed by atoms with Gasteiger partial charge >= 0.3 is 0 Å². The minimum Gasteiger partial charge on any atom is -0.335 e. The van der Waals surface area contributed by atoms with Crippen LogP contribution in [0.2, 0.25) is 0 Å². The number of hydrogen-bond donors (Lipinski definition) is 0. The number of unbranched alkanes of at least 4 members (excludes halogenated alkanes) is 2. The molecule has 0 N–H and O–H groups in total. The molecule has 0 spiro atoms. The molecule has 84 valence electrons. The third kappa shape index (κ3) is 2.38. The Morgan fingerprint density at radius 1 is 1.25 bits per heavy atom. The number of benzene rings is 1. The summed E-state index contributed by atoms with van der Waals surface area (Å²) in [6, 6.07) is 10.7. The van der Waals surface area contributed by atoms with E-state index in [-0.39, 0.29) is 0 Å². The third-order valence-electron chi connectivity index (χ3n) is 2.80. The van der Waals surface area contributed by atoms with Gasteiger partial charge in [0.1, 0.15) is 0 Å². The Morgan fingerprint density at radius 3 is 2.88 bits per heavy atom. The van der Waals surface area contributed by atoms with Crippen LogP contribution in [0, 0.1) is 0 Å². The summed E-state index contributed by atoms with van der Waals surface area (Å²) in [5, 5.41) is 1.30. The van der Waals surface area contributed by atoms with Crippen LogP contribution in [0.25, 0.3) is 10.9 Å². The molecule has 0 amide bonds. The van der Waals surface area contributed by atoms with E-state index in [9.17, 15) is 0 Å². The zero-order valence-corrected chi connectivity index (χ0v) is 10.9. The van der Waals surface area contributed by atoms with Crippen LogP contribution in [0.1, 0.15) is 19.3 Å². The predicted octanol–water partition coefficient (Wildman–Crippen LogP) is 4.76. The van der Waals surface area contributed by atoms with Gasteiger partial charge in [-0.15, -0.1) is 6.58 Å². The van der Waals surface area contributed by atoms with E-state index in [0.717, 1.165) is 13.0 Å². The molecule has 1 aromatic heterocycles. The minimum absolute atomic E-state index is 1.07. The fourth-order valence-electron chi connectivity index (χ4n) is 1.96. The summed E-state index contributed by atoms with van der Waals surface area (Å²) in [6.07, 6.45) is 5.51. The Hall–Kier alpha value is -1.02. The number of halogens is 1. The molecule has 0 saturated carbocycles. The fraction of sp³-hybridized carbons (Fsp3) is 0.286. The molecule has 0 radical (unpaired) electrons. The number of fused-ring (bicyclic) bond motifs is 1. The average molecular weight is 278 g/mol. The zero-order valence-electron chi connectivity index (χ0n) is 9.32. The lowest BCUT2D eigenvalue weighted by Crippen LogP contribution is -1.97. The van der Waals surface area contributed by atoms with Crippen LogP contribution >= 0.6 is 15.9 Å². The van der Waals surface area contributed by atoms with Crippen molar-refractivity contribution in [1.82, 2.24) is 4.57 Å². The Bertz CT molecular complexity index is 484.